The van der Waals surface area contributed by atoms with Gasteiger partial charge < -0.3 is 0 Å². The molecule has 5 heteroatoms. The second-order valence-corrected chi connectivity index (χ2v) is 15.7. The lowest BCUT2D eigenvalue weighted by Crippen LogP contribution is -1.95. The van der Waals surface area contributed by atoms with Crippen LogP contribution in [-0.2, 0) is 0 Å². The molecule has 11 rings (SSSR count). The van der Waals surface area contributed by atoms with Crippen molar-refractivity contribution in [2.24, 2.45) is 0 Å². The van der Waals surface area contributed by atoms with E-state index in [1.807, 2.05) is 24.3 Å². The molecule has 11 aromatic rings. The van der Waals surface area contributed by atoms with Crippen LogP contribution in [-0.4, -0.2) is 19.9 Å². The zero-order chi connectivity index (χ0) is 39.1. The fourth-order valence-corrected chi connectivity index (χ4v) is 9.12. The van der Waals surface area contributed by atoms with Crippen molar-refractivity contribution < 1.29 is 0 Å². The number of hydrogen-bond donors (Lipinski definition) is 0. The van der Waals surface area contributed by atoms with Gasteiger partial charge in [-0.1, -0.05) is 170 Å². The third-order valence-electron chi connectivity index (χ3n) is 10.9. The summed E-state index contributed by atoms with van der Waals surface area (Å²) in [5.41, 5.74) is 14.7. The predicted molar refractivity (Wildman–Crippen MR) is 246 cm³/mol. The Kier molecular flexibility index (Phi) is 8.64. The molecule has 0 bridgehead atoms. The van der Waals surface area contributed by atoms with E-state index in [0.717, 1.165) is 99.4 Å². The summed E-state index contributed by atoms with van der Waals surface area (Å²) in [6.07, 6.45) is 0. The Morgan fingerprint density at radius 3 is 1.27 bits per heavy atom. The van der Waals surface area contributed by atoms with Crippen LogP contribution < -0.4 is 0 Å². The molecule has 0 fully saturated rings. The largest absolute Gasteiger partial charge is 0.228 e. The molecule has 59 heavy (non-hydrogen) atoms. The van der Waals surface area contributed by atoms with Gasteiger partial charge in [0.1, 0.15) is 0 Å². The predicted octanol–water partition coefficient (Wildman–Crippen LogP) is 14.5. The Balaban J connectivity index is 0.937. The van der Waals surface area contributed by atoms with Crippen molar-refractivity contribution in [2.45, 2.75) is 0 Å². The standard InChI is InChI=1S/C54H34N4S/c1-3-15-35(16-4-1)49-45-27-7-9-29-47(45)55-53(56-49)43-25-13-23-41(33-43)39-21-11-19-37(31-39)38-20-12-22-40(32-38)42-24-14-26-44(34-42)54-57-50(36-17-5-2-6-18-36)52-51(58-54)46-28-8-10-30-48(46)59-52/h1-34H. The van der Waals surface area contributed by atoms with Crippen molar-refractivity contribution in [3.63, 3.8) is 0 Å². The van der Waals surface area contributed by atoms with Gasteiger partial charge in [0.05, 0.1) is 27.1 Å². The normalized spacial score (nSPS) is 11.4. The molecular formula is C54H34N4S. The Bertz CT molecular complexity index is 3340. The van der Waals surface area contributed by atoms with Crippen LogP contribution in [0.3, 0.4) is 0 Å². The molecule has 4 nitrogen and oxygen atoms in total. The first-order chi connectivity index (χ1) is 29.2. The topological polar surface area (TPSA) is 51.6 Å². The van der Waals surface area contributed by atoms with E-state index in [9.17, 15) is 0 Å². The SMILES string of the molecule is c1ccc(-c2nc(-c3cccc(-c4cccc(-c5cccc(-c6cccc(-c7nc(-c8ccccc8)c8sc9ccccc9c8n7)c6)c5)c4)c3)nc3ccccc23)cc1. The van der Waals surface area contributed by atoms with Gasteiger partial charge in [-0.3, -0.25) is 0 Å². The highest BCUT2D eigenvalue weighted by molar-refractivity contribution is 7.26. The zero-order valence-corrected chi connectivity index (χ0v) is 32.6. The second-order valence-electron chi connectivity index (χ2n) is 14.6. The van der Waals surface area contributed by atoms with Gasteiger partial charge >= 0.3 is 0 Å². The van der Waals surface area contributed by atoms with Crippen molar-refractivity contribution in [1.82, 2.24) is 19.9 Å². The number of fused-ring (bicyclic) bond motifs is 4. The monoisotopic (exact) mass is 770 g/mol. The van der Waals surface area contributed by atoms with E-state index in [1.54, 1.807) is 11.3 Å². The molecule has 0 saturated heterocycles. The summed E-state index contributed by atoms with van der Waals surface area (Å²) in [5, 5.41) is 2.20. The maximum Gasteiger partial charge on any atom is 0.160 e. The first-order valence-corrected chi connectivity index (χ1v) is 20.5. The van der Waals surface area contributed by atoms with E-state index in [0.29, 0.717) is 5.82 Å². The summed E-state index contributed by atoms with van der Waals surface area (Å²) >= 11 is 1.75. The highest BCUT2D eigenvalue weighted by Crippen LogP contribution is 2.40. The highest BCUT2D eigenvalue weighted by atomic mass is 32.1. The Morgan fingerprint density at radius 1 is 0.288 bits per heavy atom. The van der Waals surface area contributed by atoms with Gasteiger partial charge in [-0.15, -0.1) is 11.3 Å². The van der Waals surface area contributed by atoms with Crippen LogP contribution in [0.2, 0.25) is 0 Å². The average molecular weight is 771 g/mol. The summed E-state index contributed by atoms with van der Waals surface area (Å²) in [6, 6.07) is 72.2. The minimum atomic E-state index is 0.709. The summed E-state index contributed by atoms with van der Waals surface area (Å²) in [4.78, 5) is 20.6. The third kappa shape index (κ3) is 6.54. The Labute approximate surface area is 345 Å². The van der Waals surface area contributed by atoms with Crippen LogP contribution in [0.4, 0.5) is 0 Å². The Hall–Kier alpha value is -7.60. The number of hydrogen-bond acceptors (Lipinski definition) is 5. The van der Waals surface area contributed by atoms with Crippen molar-refractivity contribution in [3.8, 4) is 78.7 Å². The van der Waals surface area contributed by atoms with Crippen molar-refractivity contribution in [1.29, 1.82) is 0 Å². The minimum absolute atomic E-state index is 0.709. The van der Waals surface area contributed by atoms with Gasteiger partial charge in [0, 0.05) is 37.7 Å². The molecule has 0 radical (unpaired) electrons. The van der Waals surface area contributed by atoms with E-state index in [-0.39, 0.29) is 0 Å². The van der Waals surface area contributed by atoms with E-state index >= 15 is 0 Å². The molecule has 0 saturated carbocycles. The van der Waals surface area contributed by atoms with Gasteiger partial charge in [-0.05, 0) is 69.8 Å². The molecule has 3 aromatic heterocycles. The van der Waals surface area contributed by atoms with Gasteiger partial charge in [0.2, 0.25) is 0 Å². The number of rotatable bonds is 7. The minimum Gasteiger partial charge on any atom is -0.228 e. The molecule has 0 aliphatic heterocycles. The van der Waals surface area contributed by atoms with Crippen LogP contribution in [0.5, 0.6) is 0 Å². The molecule has 0 amide bonds. The molecule has 0 aliphatic carbocycles. The summed E-state index contributed by atoms with van der Waals surface area (Å²) in [5.74, 6) is 1.43. The number of benzene rings is 8. The van der Waals surface area contributed by atoms with E-state index < -0.39 is 0 Å². The Morgan fingerprint density at radius 2 is 0.695 bits per heavy atom. The lowest BCUT2D eigenvalue weighted by Gasteiger charge is -2.12. The maximum atomic E-state index is 5.22. The van der Waals surface area contributed by atoms with Crippen molar-refractivity contribution >= 4 is 42.5 Å². The highest BCUT2D eigenvalue weighted by Gasteiger charge is 2.17. The number of thiophene rings is 1. The first-order valence-electron chi connectivity index (χ1n) is 19.7. The number of aromatic nitrogens is 4. The average Bonchev–Trinajstić information content (AvgIpc) is 3.70. The zero-order valence-electron chi connectivity index (χ0n) is 31.8. The van der Waals surface area contributed by atoms with Crippen LogP contribution in [0.25, 0.3) is 110 Å². The van der Waals surface area contributed by atoms with Crippen molar-refractivity contribution in [3.05, 3.63) is 206 Å². The quantitative estimate of drug-likeness (QED) is 0.162. The second kappa shape index (κ2) is 14.7. The number of nitrogens with zero attached hydrogens (tertiary/aromatic N) is 4. The summed E-state index contributed by atoms with van der Waals surface area (Å²) < 4.78 is 2.32. The molecule has 3 heterocycles. The molecule has 0 N–H and O–H groups in total. The fraction of sp³-hybridized carbons (Fsp3) is 0. The fourth-order valence-electron chi connectivity index (χ4n) is 7.97. The van der Waals surface area contributed by atoms with Gasteiger partial charge in [-0.25, -0.2) is 19.9 Å². The summed E-state index contributed by atoms with van der Waals surface area (Å²) in [6.45, 7) is 0. The van der Waals surface area contributed by atoms with Crippen LogP contribution in [0.15, 0.2) is 206 Å². The first kappa shape index (κ1) is 34.6. The molecule has 0 unspecified atom stereocenters. The van der Waals surface area contributed by atoms with E-state index in [4.69, 9.17) is 19.9 Å². The van der Waals surface area contributed by atoms with Crippen LogP contribution >= 0.6 is 11.3 Å². The molecular weight excluding hydrogens is 737 g/mol. The number of para-hydroxylation sites is 1. The maximum absolute atomic E-state index is 5.22. The van der Waals surface area contributed by atoms with Crippen LogP contribution in [0, 0.1) is 0 Å². The van der Waals surface area contributed by atoms with Gasteiger partial charge in [-0.2, -0.15) is 0 Å². The molecule has 0 atom stereocenters. The van der Waals surface area contributed by atoms with Crippen LogP contribution in [0.1, 0.15) is 0 Å². The summed E-state index contributed by atoms with van der Waals surface area (Å²) in [7, 11) is 0. The smallest absolute Gasteiger partial charge is 0.160 e. The van der Waals surface area contributed by atoms with Crippen molar-refractivity contribution in [2.75, 3.05) is 0 Å². The molecule has 276 valence electrons. The lowest BCUT2D eigenvalue weighted by atomic mass is 9.95. The molecule has 0 spiro atoms. The van der Waals surface area contributed by atoms with E-state index in [2.05, 4.69) is 182 Å². The molecule has 8 aromatic carbocycles. The van der Waals surface area contributed by atoms with E-state index in [1.165, 1.54) is 4.70 Å². The van der Waals surface area contributed by atoms with Gasteiger partial charge in [0.25, 0.3) is 0 Å². The lowest BCUT2D eigenvalue weighted by molar-refractivity contribution is 1.23. The third-order valence-corrected chi connectivity index (χ3v) is 12.1. The van der Waals surface area contributed by atoms with Gasteiger partial charge in [0.15, 0.2) is 11.6 Å². The molecule has 0 aliphatic rings.